The summed E-state index contributed by atoms with van der Waals surface area (Å²) < 4.78 is 9.27. The third-order valence-corrected chi connectivity index (χ3v) is 4.90. The van der Waals surface area contributed by atoms with E-state index in [0.29, 0.717) is 17.7 Å². The van der Waals surface area contributed by atoms with Gasteiger partial charge in [0.2, 0.25) is 24.4 Å². The number of carbonyl (C=O) groups is 1. The van der Waals surface area contributed by atoms with Crippen molar-refractivity contribution in [2.24, 2.45) is 5.92 Å². The Bertz CT molecular complexity index is 889. The minimum absolute atomic E-state index is 0.00928. The van der Waals surface area contributed by atoms with Crippen LogP contribution >= 0.6 is 0 Å². The van der Waals surface area contributed by atoms with Crippen LogP contribution in [0.15, 0.2) is 11.1 Å². The zero-order valence-electron chi connectivity index (χ0n) is 15.3. The van der Waals surface area contributed by atoms with Crippen LogP contribution < -0.4 is 15.9 Å². The molecule has 0 saturated carbocycles. The van der Waals surface area contributed by atoms with Gasteiger partial charge in [0, 0.05) is 26.4 Å². The summed E-state index contributed by atoms with van der Waals surface area (Å²) >= 11 is 0. The van der Waals surface area contributed by atoms with E-state index in [2.05, 4.69) is 9.97 Å². The first-order valence-electron chi connectivity index (χ1n) is 8.58. The SMILES string of the molecule is CC[n+]1cn([C@@H]2O[C@H](C)[C@@H](CC(=O)N(C)C)[C@H]2O)c2nc(N)[nH]c(=O)c21. The molecule has 10 nitrogen and oxygen atoms in total. The van der Waals surface area contributed by atoms with Crippen LogP contribution in [0, 0.1) is 5.92 Å². The number of nitrogens with two attached hydrogens (primary N) is 1. The smallest absolute Gasteiger partial charge is 0.304 e. The lowest BCUT2D eigenvalue weighted by molar-refractivity contribution is -0.669. The van der Waals surface area contributed by atoms with Gasteiger partial charge in [-0.3, -0.25) is 14.6 Å². The minimum Gasteiger partial charge on any atom is -0.386 e. The van der Waals surface area contributed by atoms with E-state index >= 15 is 0 Å². The molecule has 10 heteroatoms. The van der Waals surface area contributed by atoms with Crippen LogP contribution in [-0.2, 0) is 16.1 Å². The molecule has 142 valence electrons. The number of fused-ring (bicyclic) bond motifs is 1. The maximum atomic E-state index is 12.3. The van der Waals surface area contributed by atoms with Gasteiger partial charge >= 0.3 is 5.56 Å². The summed E-state index contributed by atoms with van der Waals surface area (Å²) in [6, 6.07) is 0. The number of carbonyl (C=O) groups excluding carboxylic acids is 1. The highest BCUT2D eigenvalue weighted by atomic mass is 16.5. The van der Waals surface area contributed by atoms with Crippen LogP contribution in [-0.4, -0.2) is 56.8 Å². The Morgan fingerprint density at radius 3 is 2.85 bits per heavy atom. The van der Waals surface area contributed by atoms with E-state index in [1.807, 2.05) is 13.8 Å². The average molecular weight is 365 g/mol. The van der Waals surface area contributed by atoms with Gasteiger partial charge in [0.05, 0.1) is 12.6 Å². The largest absolute Gasteiger partial charge is 0.386 e. The van der Waals surface area contributed by atoms with Gasteiger partial charge in [-0.2, -0.15) is 9.55 Å². The zero-order valence-corrected chi connectivity index (χ0v) is 15.3. The van der Waals surface area contributed by atoms with E-state index in [-0.39, 0.29) is 35.9 Å². The molecular weight excluding hydrogens is 340 g/mol. The fourth-order valence-corrected chi connectivity index (χ4v) is 3.39. The molecule has 26 heavy (non-hydrogen) atoms. The molecular formula is C16H25N6O4+. The van der Waals surface area contributed by atoms with Gasteiger partial charge in [0.25, 0.3) is 11.2 Å². The normalized spacial score (nSPS) is 25.7. The molecule has 0 aromatic carbocycles. The van der Waals surface area contributed by atoms with Crippen LogP contribution in [0.5, 0.6) is 0 Å². The van der Waals surface area contributed by atoms with Crippen molar-refractivity contribution >= 4 is 23.0 Å². The minimum atomic E-state index is -0.919. The number of ether oxygens (including phenoxy) is 1. The molecule has 4 atom stereocenters. The predicted octanol–water partition coefficient (Wildman–Crippen LogP) is -1.01. The van der Waals surface area contributed by atoms with Crippen LogP contribution in [0.3, 0.4) is 0 Å². The molecule has 2 aromatic rings. The molecule has 1 saturated heterocycles. The summed E-state index contributed by atoms with van der Waals surface area (Å²) in [5.41, 5.74) is 6.03. The summed E-state index contributed by atoms with van der Waals surface area (Å²) in [7, 11) is 3.35. The monoisotopic (exact) mass is 365 g/mol. The van der Waals surface area contributed by atoms with E-state index < -0.39 is 12.3 Å². The standard InChI is InChI=1S/C16H24N6O4/c1-5-21-7-22(13-11(21)14(25)19-16(17)18-13)15-12(24)9(8(2)26-15)6-10(23)20(3)4/h7-9,12,15,24H,5-6H2,1-4H3,(H2-,17,18,19,25)/p+1/t8-,9-,12-,15-/m1/s1. The van der Waals surface area contributed by atoms with Crippen molar-refractivity contribution in [3.8, 4) is 0 Å². The average Bonchev–Trinajstić information content (AvgIpc) is 3.06. The van der Waals surface area contributed by atoms with Gasteiger partial charge in [0.1, 0.15) is 6.10 Å². The number of aliphatic hydroxyl groups excluding tert-OH is 1. The Morgan fingerprint density at radius 2 is 2.23 bits per heavy atom. The zero-order chi connectivity index (χ0) is 19.2. The molecule has 1 aliphatic heterocycles. The summed E-state index contributed by atoms with van der Waals surface area (Å²) in [4.78, 5) is 32.5. The van der Waals surface area contributed by atoms with Gasteiger partial charge in [-0.05, 0) is 13.8 Å². The lowest BCUT2D eigenvalue weighted by Gasteiger charge is -2.18. The summed E-state index contributed by atoms with van der Waals surface area (Å²) in [5.74, 6) is -0.448. The highest BCUT2D eigenvalue weighted by Crippen LogP contribution is 2.36. The molecule has 0 unspecified atom stereocenters. The first-order valence-corrected chi connectivity index (χ1v) is 8.58. The summed E-state index contributed by atoms with van der Waals surface area (Å²) in [5, 5.41) is 10.8. The third kappa shape index (κ3) is 2.95. The molecule has 3 rings (SSSR count). The predicted molar refractivity (Wildman–Crippen MR) is 93.0 cm³/mol. The fraction of sp³-hybridized carbons (Fsp3) is 0.625. The van der Waals surface area contributed by atoms with E-state index in [9.17, 15) is 14.7 Å². The fourth-order valence-electron chi connectivity index (χ4n) is 3.39. The Morgan fingerprint density at radius 1 is 1.54 bits per heavy atom. The second-order valence-corrected chi connectivity index (χ2v) is 6.81. The second-order valence-electron chi connectivity index (χ2n) is 6.81. The Hall–Kier alpha value is -2.46. The number of nitrogen functional groups attached to an aromatic ring is 1. The molecule has 1 fully saturated rings. The molecule has 2 aromatic heterocycles. The maximum Gasteiger partial charge on any atom is 0.304 e. The second kappa shape index (κ2) is 6.69. The number of aryl methyl sites for hydroxylation is 1. The van der Waals surface area contributed by atoms with Gasteiger partial charge in [-0.1, -0.05) is 0 Å². The highest BCUT2D eigenvalue weighted by molar-refractivity contribution is 5.76. The number of amides is 1. The number of aromatic nitrogens is 4. The number of imidazole rings is 1. The van der Waals surface area contributed by atoms with Crippen molar-refractivity contribution in [1.82, 2.24) is 19.4 Å². The first-order chi connectivity index (χ1) is 12.2. The number of hydrogen-bond acceptors (Lipinski definition) is 6. The molecule has 3 heterocycles. The maximum absolute atomic E-state index is 12.3. The number of hydrogen-bond donors (Lipinski definition) is 3. The van der Waals surface area contributed by atoms with Crippen molar-refractivity contribution in [1.29, 1.82) is 0 Å². The van der Waals surface area contributed by atoms with Gasteiger partial charge in [-0.15, -0.1) is 0 Å². The number of H-pyrrole nitrogens is 1. The number of nitrogens with zero attached hydrogens (tertiary/aromatic N) is 4. The van der Waals surface area contributed by atoms with Crippen LogP contribution in [0.1, 0.15) is 26.5 Å². The number of aromatic amines is 1. The van der Waals surface area contributed by atoms with Crippen LogP contribution in [0.25, 0.3) is 11.2 Å². The van der Waals surface area contributed by atoms with Crippen LogP contribution in [0.2, 0.25) is 0 Å². The van der Waals surface area contributed by atoms with Crippen molar-refractivity contribution in [2.45, 2.75) is 45.2 Å². The lowest BCUT2D eigenvalue weighted by Crippen LogP contribution is -2.35. The summed E-state index contributed by atoms with van der Waals surface area (Å²) in [6.07, 6.45) is -0.144. The van der Waals surface area contributed by atoms with Crippen LogP contribution in [0.4, 0.5) is 5.95 Å². The van der Waals surface area contributed by atoms with Gasteiger partial charge in [0.15, 0.2) is 0 Å². The highest BCUT2D eigenvalue weighted by Gasteiger charge is 2.47. The molecule has 0 aliphatic carbocycles. The summed E-state index contributed by atoms with van der Waals surface area (Å²) in [6.45, 7) is 4.26. The van der Waals surface area contributed by atoms with E-state index in [1.54, 1.807) is 29.6 Å². The Labute approximate surface area is 150 Å². The van der Waals surface area contributed by atoms with E-state index in [4.69, 9.17) is 10.5 Å². The molecule has 0 spiro atoms. The topological polar surface area (TPSA) is 130 Å². The van der Waals surface area contributed by atoms with Gasteiger partial charge < -0.3 is 20.5 Å². The number of anilines is 1. The number of rotatable bonds is 4. The van der Waals surface area contributed by atoms with E-state index in [1.165, 1.54) is 4.90 Å². The van der Waals surface area contributed by atoms with Crippen molar-refractivity contribution < 1.29 is 19.2 Å². The molecule has 0 radical (unpaired) electrons. The Balaban J connectivity index is 2.02. The third-order valence-electron chi connectivity index (χ3n) is 4.90. The van der Waals surface area contributed by atoms with Gasteiger partial charge in [-0.25, -0.2) is 4.57 Å². The quantitative estimate of drug-likeness (QED) is 0.595. The molecule has 1 amide bonds. The number of nitrogens with one attached hydrogen (secondary N) is 1. The number of aliphatic hydroxyl groups is 1. The van der Waals surface area contributed by atoms with E-state index in [0.717, 1.165) is 0 Å². The molecule has 4 N–H and O–H groups in total. The first kappa shape index (κ1) is 18.3. The molecule has 1 aliphatic rings. The van der Waals surface area contributed by atoms with Crippen molar-refractivity contribution in [3.63, 3.8) is 0 Å². The molecule has 0 bridgehead atoms. The van der Waals surface area contributed by atoms with Crippen molar-refractivity contribution in [3.05, 3.63) is 16.7 Å². The lowest BCUT2D eigenvalue weighted by atomic mass is 9.94. The van der Waals surface area contributed by atoms with Crippen molar-refractivity contribution in [2.75, 3.05) is 19.8 Å². The Kier molecular flexibility index (Phi) is 4.72.